The van der Waals surface area contributed by atoms with Crippen molar-refractivity contribution >= 4 is 23.9 Å². The Balaban J connectivity index is -0.000000141. The maximum Gasteiger partial charge on any atom is 0.318 e. The summed E-state index contributed by atoms with van der Waals surface area (Å²) in [4.78, 5) is 40.0. The Bertz CT molecular complexity index is 390. The SMILES string of the molecule is CCCC(=O)NC(N)=O.CCCC(=O)O.CCCCNC(N)=O.CCCCO. The fourth-order valence-electron chi connectivity index (χ4n) is 1.19. The van der Waals surface area contributed by atoms with Crippen LogP contribution in [0.3, 0.4) is 0 Å². The van der Waals surface area contributed by atoms with Crippen molar-refractivity contribution in [3.63, 3.8) is 0 Å². The van der Waals surface area contributed by atoms with Gasteiger partial charge in [-0.05, 0) is 25.7 Å². The largest absolute Gasteiger partial charge is 0.481 e. The molecule has 0 bridgehead atoms. The molecule has 0 spiro atoms. The molecule has 0 saturated heterocycles. The minimum Gasteiger partial charge on any atom is -0.481 e. The van der Waals surface area contributed by atoms with Crippen LogP contribution < -0.4 is 22.1 Å². The van der Waals surface area contributed by atoms with Crippen LogP contribution in [0.25, 0.3) is 0 Å². The summed E-state index contributed by atoms with van der Waals surface area (Å²) in [7, 11) is 0. The van der Waals surface area contributed by atoms with Crippen molar-refractivity contribution in [2.75, 3.05) is 13.2 Å². The predicted molar refractivity (Wildman–Crippen MR) is 110 cm³/mol. The number of imide groups is 1. The molecule has 5 amide bonds. The number of aliphatic hydroxyl groups excluding tert-OH is 1. The highest BCUT2D eigenvalue weighted by Gasteiger charge is 1.99. The van der Waals surface area contributed by atoms with Gasteiger partial charge in [0.15, 0.2) is 0 Å². The zero-order chi connectivity index (χ0) is 22.8. The van der Waals surface area contributed by atoms with E-state index in [1.54, 1.807) is 0 Å². The van der Waals surface area contributed by atoms with Crippen LogP contribution in [-0.2, 0) is 9.59 Å². The number of carboxylic acids is 1. The molecule has 0 aromatic carbocycles. The zero-order valence-corrected chi connectivity index (χ0v) is 17.8. The number of unbranched alkanes of at least 4 members (excludes halogenated alkanes) is 2. The number of primary amides is 2. The molecule has 0 aliphatic carbocycles. The first-order chi connectivity index (χ1) is 13.1. The van der Waals surface area contributed by atoms with Gasteiger partial charge in [-0.3, -0.25) is 14.9 Å². The number of nitrogens with one attached hydrogen (secondary N) is 2. The maximum absolute atomic E-state index is 10.4. The first kappa shape index (κ1) is 33.2. The summed E-state index contributed by atoms with van der Waals surface area (Å²) in [6, 6.07) is -1.22. The van der Waals surface area contributed by atoms with Crippen LogP contribution in [0.5, 0.6) is 0 Å². The molecule has 0 unspecified atom stereocenters. The molecule has 0 aromatic rings. The van der Waals surface area contributed by atoms with Crippen molar-refractivity contribution in [3.05, 3.63) is 0 Å². The number of aliphatic carboxylic acids is 1. The van der Waals surface area contributed by atoms with E-state index >= 15 is 0 Å². The number of carbonyl (C=O) groups is 4. The zero-order valence-electron chi connectivity index (χ0n) is 17.8. The number of nitrogens with two attached hydrogens (primary N) is 2. The van der Waals surface area contributed by atoms with Crippen molar-refractivity contribution in [1.82, 2.24) is 10.6 Å². The second kappa shape index (κ2) is 29.4. The van der Waals surface area contributed by atoms with E-state index in [-0.39, 0.29) is 5.91 Å². The van der Waals surface area contributed by atoms with E-state index in [1.165, 1.54) is 0 Å². The van der Waals surface area contributed by atoms with Gasteiger partial charge in [0.1, 0.15) is 0 Å². The van der Waals surface area contributed by atoms with Crippen molar-refractivity contribution in [2.24, 2.45) is 11.5 Å². The van der Waals surface area contributed by atoms with Gasteiger partial charge in [-0.1, -0.05) is 40.5 Å². The number of urea groups is 2. The predicted octanol–water partition coefficient (Wildman–Crippen LogP) is 2.09. The van der Waals surface area contributed by atoms with Gasteiger partial charge in [0.25, 0.3) is 0 Å². The number of hydrogen-bond donors (Lipinski definition) is 6. The molecule has 0 aliphatic rings. The van der Waals surface area contributed by atoms with Crippen molar-refractivity contribution in [2.45, 2.75) is 79.1 Å². The summed E-state index contributed by atoms with van der Waals surface area (Å²) in [5.74, 6) is -1.03. The van der Waals surface area contributed by atoms with Gasteiger partial charge < -0.3 is 27.0 Å². The second-order valence-electron chi connectivity index (χ2n) is 5.53. The Morgan fingerprint density at radius 2 is 1.29 bits per heavy atom. The molecule has 0 rings (SSSR count). The molecular weight excluding hydrogens is 368 g/mol. The van der Waals surface area contributed by atoms with Gasteiger partial charge in [0, 0.05) is 26.0 Å². The highest BCUT2D eigenvalue weighted by Crippen LogP contribution is 1.84. The monoisotopic (exact) mass is 408 g/mol. The summed E-state index contributed by atoms with van der Waals surface area (Å²) < 4.78 is 0. The van der Waals surface area contributed by atoms with Crippen molar-refractivity contribution < 1.29 is 29.4 Å². The average Bonchev–Trinajstić information content (AvgIpc) is 2.56. The van der Waals surface area contributed by atoms with E-state index in [2.05, 4.69) is 24.9 Å². The summed E-state index contributed by atoms with van der Waals surface area (Å²) in [6.45, 7) is 8.84. The first-order valence-electron chi connectivity index (χ1n) is 9.57. The highest BCUT2D eigenvalue weighted by atomic mass is 16.4. The van der Waals surface area contributed by atoms with Gasteiger partial charge >= 0.3 is 18.0 Å². The molecule has 0 aliphatic heterocycles. The number of hydrogen-bond acceptors (Lipinski definition) is 5. The quantitative estimate of drug-likeness (QED) is 0.317. The van der Waals surface area contributed by atoms with E-state index in [9.17, 15) is 19.2 Å². The molecule has 0 heterocycles. The van der Waals surface area contributed by atoms with Gasteiger partial charge in [-0.2, -0.15) is 0 Å². The number of carbonyl (C=O) groups excluding carboxylic acids is 3. The van der Waals surface area contributed by atoms with Crippen LogP contribution in [0.1, 0.15) is 79.1 Å². The summed E-state index contributed by atoms with van der Waals surface area (Å²) >= 11 is 0. The third-order valence-electron chi connectivity index (χ3n) is 2.54. The Morgan fingerprint density at radius 1 is 0.786 bits per heavy atom. The molecule has 0 saturated carbocycles. The lowest BCUT2D eigenvalue weighted by Crippen LogP contribution is -2.34. The highest BCUT2D eigenvalue weighted by molar-refractivity contribution is 5.93. The van der Waals surface area contributed by atoms with Crippen LogP contribution in [-0.4, -0.2) is 47.3 Å². The first-order valence-corrected chi connectivity index (χ1v) is 9.57. The molecule has 10 nitrogen and oxygen atoms in total. The standard InChI is InChI=1S/C5H10N2O2.C5H12N2O.C4H8O2.C4H10O/c1-2-3-4(8)7-5(6)9;1-2-3-4-7-5(6)8;1-2-3-4(5)6;1-2-3-4-5/h2-3H2,1H3,(H3,6,7,8,9);2-4H2,1H3,(H3,6,7,8);2-3H2,1H3,(H,5,6);5H,2-4H2,1H3. The van der Waals surface area contributed by atoms with Gasteiger partial charge in [-0.15, -0.1) is 0 Å². The van der Waals surface area contributed by atoms with Crippen LogP contribution >= 0.6 is 0 Å². The van der Waals surface area contributed by atoms with Crippen molar-refractivity contribution in [3.8, 4) is 0 Å². The Kier molecular flexibility index (Phi) is 34.9. The lowest BCUT2D eigenvalue weighted by atomic mass is 10.3. The number of rotatable bonds is 9. The molecular formula is C18H40N4O6. The average molecular weight is 409 g/mol. The van der Waals surface area contributed by atoms with Gasteiger partial charge in [0.05, 0.1) is 0 Å². The Morgan fingerprint density at radius 3 is 1.50 bits per heavy atom. The maximum atomic E-state index is 10.4. The van der Waals surface area contributed by atoms with E-state index < -0.39 is 18.0 Å². The molecule has 0 radical (unpaired) electrons. The summed E-state index contributed by atoms with van der Waals surface area (Å²) in [5, 5.41) is 20.4. The molecule has 168 valence electrons. The van der Waals surface area contributed by atoms with E-state index in [0.29, 0.717) is 26.0 Å². The third-order valence-corrected chi connectivity index (χ3v) is 2.54. The molecule has 8 N–H and O–H groups in total. The molecule has 0 aromatic heterocycles. The molecule has 28 heavy (non-hydrogen) atoms. The smallest absolute Gasteiger partial charge is 0.318 e. The van der Waals surface area contributed by atoms with Gasteiger partial charge in [0.2, 0.25) is 5.91 Å². The third kappa shape index (κ3) is 56.5. The minimum absolute atomic E-state index is 0.292. The Hall–Kier alpha value is -2.36. The van der Waals surface area contributed by atoms with Crippen LogP contribution in [0, 0.1) is 0 Å². The van der Waals surface area contributed by atoms with E-state index in [1.807, 2.05) is 19.2 Å². The van der Waals surface area contributed by atoms with Gasteiger partial charge in [-0.25, -0.2) is 9.59 Å². The summed E-state index contributed by atoms with van der Waals surface area (Å²) in [5.41, 5.74) is 9.44. The van der Waals surface area contributed by atoms with Crippen LogP contribution in [0.15, 0.2) is 0 Å². The minimum atomic E-state index is -0.784. The topological polar surface area (TPSA) is 185 Å². The molecule has 0 fully saturated rings. The summed E-state index contributed by atoms with van der Waals surface area (Å²) in [6.07, 6.45) is 6.22. The van der Waals surface area contributed by atoms with Crippen molar-refractivity contribution in [1.29, 1.82) is 0 Å². The number of carboxylic acid groups (broad SMARTS) is 1. The van der Waals surface area contributed by atoms with E-state index in [4.69, 9.17) is 15.9 Å². The lowest BCUT2D eigenvalue weighted by molar-refractivity contribution is -0.137. The fourth-order valence-corrected chi connectivity index (χ4v) is 1.19. The van der Waals surface area contributed by atoms with E-state index in [0.717, 1.165) is 38.5 Å². The van der Waals surface area contributed by atoms with Crippen LogP contribution in [0.2, 0.25) is 0 Å². The lowest BCUT2D eigenvalue weighted by Gasteiger charge is -1.96. The molecule has 0 atom stereocenters. The van der Waals surface area contributed by atoms with Crippen LogP contribution in [0.4, 0.5) is 9.59 Å². The number of amides is 5. The number of aliphatic hydroxyl groups is 1. The fraction of sp³-hybridized carbons (Fsp3) is 0.778. The second-order valence-corrected chi connectivity index (χ2v) is 5.53. The molecule has 10 heteroatoms. The Labute approximate surface area is 168 Å². The normalized spacial score (nSPS) is 8.46.